The minimum Gasteiger partial charge on any atom is -0.493 e. The lowest BCUT2D eigenvalue weighted by Gasteiger charge is -2.28. The van der Waals surface area contributed by atoms with Gasteiger partial charge in [-0.1, -0.05) is 69.7 Å². The third-order valence-electron chi connectivity index (χ3n) is 8.63. The molecule has 0 radical (unpaired) electrons. The van der Waals surface area contributed by atoms with E-state index in [0.717, 1.165) is 53.3 Å². The van der Waals surface area contributed by atoms with Crippen molar-refractivity contribution in [3.63, 3.8) is 0 Å². The number of rotatable bonds is 18. The summed E-state index contributed by atoms with van der Waals surface area (Å²) in [7, 11) is 0. The molecule has 4 N–H and O–H groups in total. The largest absolute Gasteiger partial charge is 0.493 e. The number of aryl methyl sites for hydroxylation is 2. The summed E-state index contributed by atoms with van der Waals surface area (Å²) in [6.07, 6.45) is 8.69. The number of nitrogens with two attached hydrogens (primary N) is 1. The van der Waals surface area contributed by atoms with Crippen molar-refractivity contribution in [2.75, 3.05) is 19.7 Å². The van der Waals surface area contributed by atoms with Crippen LogP contribution in [-0.2, 0) is 16.1 Å². The topological polar surface area (TPSA) is 144 Å². The first-order valence-corrected chi connectivity index (χ1v) is 17.6. The van der Waals surface area contributed by atoms with Crippen molar-refractivity contribution in [2.24, 2.45) is 11.7 Å². The maximum absolute atomic E-state index is 13.8. The van der Waals surface area contributed by atoms with Crippen molar-refractivity contribution in [1.82, 2.24) is 20.4 Å². The molecule has 1 saturated heterocycles. The Bertz CT molecular complexity index is 1420. The van der Waals surface area contributed by atoms with Crippen LogP contribution in [0.5, 0.6) is 5.75 Å². The summed E-state index contributed by atoms with van der Waals surface area (Å²) in [5.74, 6) is -0.0256. The number of unbranched alkanes of at least 4 members (excludes halogenated alkanes) is 7. The van der Waals surface area contributed by atoms with E-state index in [1.54, 1.807) is 24.3 Å². The van der Waals surface area contributed by atoms with Gasteiger partial charge in [-0.2, -0.15) is 0 Å². The number of β-amino-alcohol motifs (C(OH)–C–C–N with tert-alkyl or cyclic N) is 1. The van der Waals surface area contributed by atoms with Crippen LogP contribution in [0.25, 0.3) is 10.4 Å². The molecule has 1 aromatic carbocycles. The van der Waals surface area contributed by atoms with E-state index in [0.29, 0.717) is 18.1 Å². The van der Waals surface area contributed by atoms with Gasteiger partial charge in [-0.3, -0.25) is 9.59 Å². The van der Waals surface area contributed by atoms with Gasteiger partial charge in [0.05, 0.1) is 34.5 Å². The van der Waals surface area contributed by atoms with Crippen molar-refractivity contribution in [1.29, 1.82) is 0 Å². The van der Waals surface area contributed by atoms with Gasteiger partial charge in [-0.15, -0.1) is 36.2 Å². The molecular formula is C35H53Cl2N5O5S. The van der Waals surface area contributed by atoms with Crippen molar-refractivity contribution >= 4 is 48.0 Å². The van der Waals surface area contributed by atoms with E-state index in [9.17, 15) is 14.7 Å². The molecule has 0 spiro atoms. The average Bonchev–Trinajstić information content (AvgIpc) is 3.76. The molecule has 0 saturated carbocycles. The quantitative estimate of drug-likeness (QED) is 0.122. The lowest BCUT2D eigenvalue weighted by Crippen LogP contribution is -2.48. The summed E-state index contributed by atoms with van der Waals surface area (Å²) in [6.45, 7) is 9.37. The minimum atomic E-state index is -0.786. The molecule has 1 fully saturated rings. The number of benzene rings is 1. The molecule has 13 heteroatoms. The fraction of sp³-hybridized carbons (Fsp3) is 0.600. The zero-order chi connectivity index (χ0) is 33.1. The van der Waals surface area contributed by atoms with E-state index in [1.807, 2.05) is 44.5 Å². The number of carbonyl (C=O) groups is 2. The van der Waals surface area contributed by atoms with E-state index in [2.05, 4.69) is 15.5 Å². The molecule has 10 nitrogen and oxygen atoms in total. The fourth-order valence-corrected chi connectivity index (χ4v) is 6.90. The predicted molar refractivity (Wildman–Crippen MR) is 195 cm³/mol. The zero-order valence-electron chi connectivity index (χ0n) is 28.6. The van der Waals surface area contributed by atoms with Crippen LogP contribution in [0, 0.1) is 19.8 Å². The second-order valence-electron chi connectivity index (χ2n) is 12.8. The smallest absolute Gasteiger partial charge is 0.243 e. The molecule has 0 bridgehead atoms. The maximum atomic E-state index is 13.8. The molecule has 1 aliphatic rings. The van der Waals surface area contributed by atoms with Gasteiger partial charge in [0.25, 0.3) is 0 Å². The Labute approximate surface area is 301 Å². The molecule has 2 aromatic heterocycles. The molecule has 48 heavy (non-hydrogen) atoms. The van der Waals surface area contributed by atoms with Gasteiger partial charge in [0.1, 0.15) is 23.5 Å². The van der Waals surface area contributed by atoms with Crippen LogP contribution in [-0.4, -0.2) is 63.8 Å². The van der Waals surface area contributed by atoms with Gasteiger partial charge >= 0.3 is 0 Å². The first-order chi connectivity index (χ1) is 22.2. The van der Waals surface area contributed by atoms with Gasteiger partial charge in [-0.25, -0.2) is 4.98 Å². The van der Waals surface area contributed by atoms with Gasteiger partial charge in [0, 0.05) is 31.1 Å². The Morgan fingerprint density at radius 3 is 2.38 bits per heavy atom. The Hall–Kier alpha value is -2.70. The van der Waals surface area contributed by atoms with Crippen molar-refractivity contribution in [2.45, 2.75) is 110 Å². The second kappa shape index (κ2) is 20.7. The maximum Gasteiger partial charge on any atom is 0.243 e. The molecule has 1 aliphatic heterocycles. The normalized spacial score (nSPS) is 16.4. The van der Waals surface area contributed by atoms with E-state index < -0.39 is 18.1 Å². The van der Waals surface area contributed by atoms with Gasteiger partial charge in [0.2, 0.25) is 11.8 Å². The lowest BCUT2D eigenvalue weighted by atomic mass is 9.91. The Kier molecular flexibility index (Phi) is 17.9. The lowest BCUT2D eigenvalue weighted by molar-refractivity contribution is -0.141. The summed E-state index contributed by atoms with van der Waals surface area (Å²) in [6, 6.07) is 7.02. The number of aromatic nitrogens is 2. The fourth-order valence-electron chi connectivity index (χ4n) is 6.09. The van der Waals surface area contributed by atoms with Crippen LogP contribution in [0.4, 0.5) is 0 Å². The highest BCUT2D eigenvalue weighted by Gasteiger charge is 2.43. The number of carbonyl (C=O) groups excluding carboxylic acids is 2. The van der Waals surface area contributed by atoms with Crippen molar-refractivity contribution in [3.8, 4) is 16.2 Å². The van der Waals surface area contributed by atoms with E-state index in [-0.39, 0.29) is 62.1 Å². The summed E-state index contributed by atoms with van der Waals surface area (Å²) in [5, 5.41) is 17.5. The second-order valence-corrected chi connectivity index (χ2v) is 13.6. The summed E-state index contributed by atoms with van der Waals surface area (Å²) in [4.78, 5) is 34.3. The van der Waals surface area contributed by atoms with Crippen LogP contribution >= 0.6 is 36.2 Å². The number of nitrogens with zero attached hydrogens (tertiary/aromatic N) is 3. The molecule has 268 valence electrons. The molecule has 0 aliphatic carbocycles. The minimum absolute atomic E-state index is 0. The highest BCUT2D eigenvalue weighted by molar-refractivity contribution is 7.13. The van der Waals surface area contributed by atoms with Gasteiger partial charge < -0.3 is 30.3 Å². The molecule has 3 heterocycles. The van der Waals surface area contributed by atoms with E-state index >= 15 is 0 Å². The van der Waals surface area contributed by atoms with Crippen LogP contribution in [0.15, 0.2) is 34.3 Å². The van der Waals surface area contributed by atoms with Crippen LogP contribution < -0.4 is 15.8 Å². The van der Waals surface area contributed by atoms with E-state index in [1.165, 1.54) is 37.0 Å². The third-order valence-corrected chi connectivity index (χ3v) is 9.61. The molecule has 3 aromatic rings. The van der Waals surface area contributed by atoms with Gasteiger partial charge in [0.15, 0.2) is 0 Å². The summed E-state index contributed by atoms with van der Waals surface area (Å²) < 4.78 is 11.8. The summed E-state index contributed by atoms with van der Waals surface area (Å²) in [5.41, 5.74) is 11.0. The zero-order valence-corrected chi connectivity index (χ0v) is 31.1. The standard InChI is InChI=1S/C35H51N5O5S.2ClH/c1-23(2)32(31-17-24(3)39-45-31)35(43)40-21-28(41)19-29(40)34(42)37-20-27-14-13-26(33-25(4)38-22-46-33)18-30(27)44-16-12-10-8-6-5-7-9-11-15-36;;/h13-14,17-18,22-23,28-29,32,41H,5-12,15-16,19-21,36H2,1-4H3,(H,37,42);2*1H/t28-,29+,32?;;/m1../s1. The monoisotopic (exact) mass is 725 g/mol. The highest BCUT2D eigenvalue weighted by atomic mass is 35.5. The summed E-state index contributed by atoms with van der Waals surface area (Å²) >= 11 is 1.59. The van der Waals surface area contributed by atoms with Crippen molar-refractivity contribution < 1.29 is 24.0 Å². The Morgan fingerprint density at radius 1 is 1.08 bits per heavy atom. The average molecular weight is 727 g/mol. The van der Waals surface area contributed by atoms with Crippen LogP contribution in [0.2, 0.25) is 0 Å². The van der Waals surface area contributed by atoms with Crippen LogP contribution in [0.3, 0.4) is 0 Å². The predicted octanol–water partition coefficient (Wildman–Crippen LogP) is 6.73. The number of likely N-dealkylation sites (tertiary alicyclic amines) is 1. The number of hydrogen-bond donors (Lipinski definition) is 3. The number of aliphatic hydroxyl groups excluding tert-OH is 1. The molecule has 4 rings (SSSR count). The number of aliphatic hydroxyl groups is 1. The molecule has 2 amide bonds. The molecular weight excluding hydrogens is 673 g/mol. The number of amides is 2. The van der Waals surface area contributed by atoms with E-state index in [4.69, 9.17) is 15.0 Å². The van der Waals surface area contributed by atoms with Gasteiger partial charge in [-0.05, 0) is 50.8 Å². The number of halogens is 2. The Morgan fingerprint density at radius 2 is 1.77 bits per heavy atom. The molecule has 1 unspecified atom stereocenters. The molecule has 3 atom stereocenters. The first kappa shape index (κ1) is 41.5. The number of nitrogens with one attached hydrogen (secondary N) is 1. The number of ether oxygens (including phenoxy) is 1. The SMILES string of the molecule is Cc1cc(C(C(=O)N2C[C@H](O)C[C@H]2C(=O)NCc2ccc(-c3scnc3C)cc2OCCCCCCCCCCN)C(C)C)on1.Cl.Cl. The highest BCUT2D eigenvalue weighted by Crippen LogP contribution is 2.33. The number of thiazole rings is 1. The Balaban J connectivity index is 0.00000400. The first-order valence-electron chi connectivity index (χ1n) is 16.7. The number of hydrogen-bond acceptors (Lipinski definition) is 9. The van der Waals surface area contributed by atoms with Crippen molar-refractivity contribution in [3.05, 3.63) is 52.5 Å². The van der Waals surface area contributed by atoms with Crippen LogP contribution in [0.1, 0.15) is 100 Å². The third kappa shape index (κ3) is 11.4.